The molecule has 0 radical (unpaired) electrons. The van der Waals surface area contributed by atoms with Crippen LogP contribution in [0.3, 0.4) is 0 Å². The molecule has 94 valence electrons. The van der Waals surface area contributed by atoms with Gasteiger partial charge in [-0.3, -0.25) is 4.79 Å². The number of alkyl halides is 1. The van der Waals surface area contributed by atoms with Gasteiger partial charge in [-0.1, -0.05) is 60.1 Å². The lowest BCUT2D eigenvalue weighted by molar-refractivity contribution is -0.121. The van der Waals surface area contributed by atoms with E-state index in [2.05, 4.69) is 35.1 Å². The van der Waals surface area contributed by atoms with Crippen molar-refractivity contribution in [2.45, 2.75) is 32.7 Å². The van der Waals surface area contributed by atoms with Crippen LogP contribution in [0.25, 0.3) is 0 Å². The molecule has 17 heavy (non-hydrogen) atoms. The predicted octanol–water partition coefficient (Wildman–Crippen LogP) is 3.68. The molecule has 0 spiro atoms. The van der Waals surface area contributed by atoms with Crippen molar-refractivity contribution in [3.8, 4) is 0 Å². The minimum atomic E-state index is 0.0656. The fourth-order valence-electron chi connectivity index (χ4n) is 1.58. The molecule has 0 saturated carbocycles. The van der Waals surface area contributed by atoms with Crippen molar-refractivity contribution in [3.05, 3.63) is 35.9 Å². The first-order chi connectivity index (χ1) is 8.13. The summed E-state index contributed by atoms with van der Waals surface area (Å²) in [6.07, 6.45) is 1.55. The molecule has 0 saturated heterocycles. The maximum Gasteiger partial charge on any atom is 0.220 e. The Bertz CT molecular complexity index is 337. The summed E-state index contributed by atoms with van der Waals surface area (Å²) in [5, 5.41) is 3.79. The topological polar surface area (TPSA) is 29.1 Å². The molecule has 1 unspecified atom stereocenters. The molecule has 3 heteroatoms. The van der Waals surface area contributed by atoms with E-state index < -0.39 is 0 Å². The molecule has 0 aliphatic carbocycles. The van der Waals surface area contributed by atoms with Gasteiger partial charge in [-0.05, 0) is 17.9 Å². The van der Waals surface area contributed by atoms with E-state index in [4.69, 9.17) is 0 Å². The van der Waals surface area contributed by atoms with Crippen LogP contribution >= 0.6 is 15.9 Å². The summed E-state index contributed by atoms with van der Waals surface area (Å²) < 4.78 is 0. The second-order valence-electron chi connectivity index (χ2n) is 4.62. The maximum absolute atomic E-state index is 11.8. The highest BCUT2D eigenvalue weighted by Crippen LogP contribution is 2.15. The van der Waals surface area contributed by atoms with E-state index >= 15 is 0 Å². The molecule has 2 nitrogen and oxygen atoms in total. The van der Waals surface area contributed by atoms with Crippen LogP contribution in [0.2, 0.25) is 0 Å². The van der Waals surface area contributed by atoms with Crippen LogP contribution in [0.4, 0.5) is 0 Å². The van der Waals surface area contributed by atoms with Crippen molar-refractivity contribution >= 4 is 21.8 Å². The quantitative estimate of drug-likeness (QED) is 0.798. The molecule has 1 aromatic carbocycles. The second-order valence-corrected chi connectivity index (χ2v) is 5.27. The molecule has 0 aromatic heterocycles. The summed E-state index contributed by atoms with van der Waals surface area (Å²) in [6, 6.07) is 10.1. The zero-order chi connectivity index (χ0) is 12.7. The van der Waals surface area contributed by atoms with Gasteiger partial charge in [0.15, 0.2) is 0 Å². The number of hydrogen-bond acceptors (Lipinski definition) is 1. The molecule has 1 aromatic rings. The number of benzene rings is 1. The molecule has 0 fully saturated rings. The van der Waals surface area contributed by atoms with E-state index in [1.54, 1.807) is 0 Å². The zero-order valence-corrected chi connectivity index (χ0v) is 12.0. The number of amides is 1. The van der Waals surface area contributed by atoms with Crippen LogP contribution in [0.5, 0.6) is 0 Å². The lowest BCUT2D eigenvalue weighted by Crippen LogP contribution is -2.29. The van der Waals surface area contributed by atoms with Gasteiger partial charge in [0, 0.05) is 11.8 Å². The number of carbonyl (C=O) groups is 1. The summed E-state index contributed by atoms with van der Waals surface area (Å²) in [5.74, 6) is 0.701. The molecule has 0 heterocycles. The predicted molar refractivity (Wildman–Crippen MR) is 75.2 cm³/mol. The highest BCUT2D eigenvalue weighted by atomic mass is 79.9. The average molecular weight is 298 g/mol. The molecule has 1 rings (SSSR count). The summed E-state index contributed by atoms with van der Waals surface area (Å²) >= 11 is 3.45. The molecule has 1 amide bonds. The van der Waals surface area contributed by atoms with Crippen molar-refractivity contribution in [3.63, 3.8) is 0 Å². The molecule has 0 aliphatic rings. The summed E-state index contributed by atoms with van der Waals surface area (Å²) in [6.45, 7) is 4.26. The highest BCUT2D eigenvalue weighted by Gasteiger charge is 2.12. The number of carbonyl (C=O) groups excluding carboxylic acids is 1. The fraction of sp³-hybridized carbons (Fsp3) is 0.500. The molecule has 0 aliphatic heterocycles. The molecular formula is C14H20BrNO. The van der Waals surface area contributed by atoms with Crippen LogP contribution in [0.1, 0.15) is 38.3 Å². The maximum atomic E-state index is 11.8. The van der Waals surface area contributed by atoms with E-state index in [1.807, 2.05) is 30.3 Å². The average Bonchev–Trinajstić information content (AvgIpc) is 2.34. The van der Waals surface area contributed by atoms with E-state index in [9.17, 15) is 4.79 Å². The Morgan fingerprint density at radius 1 is 1.29 bits per heavy atom. The first-order valence-corrected chi connectivity index (χ1v) is 7.16. The molecular weight excluding hydrogens is 278 g/mol. The minimum absolute atomic E-state index is 0.0656. The van der Waals surface area contributed by atoms with Crippen LogP contribution in [0.15, 0.2) is 30.3 Å². The van der Waals surface area contributed by atoms with Gasteiger partial charge >= 0.3 is 0 Å². The third-order valence-electron chi connectivity index (χ3n) is 2.64. The third-order valence-corrected chi connectivity index (χ3v) is 3.29. The highest BCUT2D eigenvalue weighted by molar-refractivity contribution is 9.09. The summed E-state index contributed by atoms with van der Waals surface area (Å²) in [7, 11) is 0. The zero-order valence-electron chi connectivity index (χ0n) is 10.4. The molecule has 0 bridgehead atoms. The monoisotopic (exact) mass is 297 g/mol. The number of halogens is 1. The van der Waals surface area contributed by atoms with E-state index in [-0.39, 0.29) is 11.9 Å². The standard InChI is InChI=1S/C14H20BrNO/c1-11(2)8-9-14(17)16-13(10-15)12-6-4-3-5-7-12/h3-7,11,13H,8-10H2,1-2H3,(H,16,17). The smallest absolute Gasteiger partial charge is 0.220 e. The molecule has 1 atom stereocenters. The Kier molecular flexibility index (Phi) is 6.27. The van der Waals surface area contributed by atoms with E-state index in [0.29, 0.717) is 12.3 Å². The van der Waals surface area contributed by atoms with Crippen molar-refractivity contribution in [1.29, 1.82) is 0 Å². The van der Waals surface area contributed by atoms with Crippen LogP contribution in [0, 0.1) is 5.92 Å². The Morgan fingerprint density at radius 2 is 1.94 bits per heavy atom. The van der Waals surface area contributed by atoms with Crippen molar-refractivity contribution in [2.75, 3.05) is 5.33 Å². The number of hydrogen-bond donors (Lipinski definition) is 1. The summed E-state index contributed by atoms with van der Waals surface area (Å²) in [4.78, 5) is 11.8. The van der Waals surface area contributed by atoms with Gasteiger partial charge in [-0.15, -0.1) is 0 Å². The van der Waals surface area contributed by atoms with Crippen molar-refractivity contribution in [2.24, 2.45) is 5.92 Å². The lowest BCUT2D eigenvalue weighted by atomic mass is 10.1. The van der Waals surface area contributed by atoms with Gasteiger partial charge in [0.25, 0.3) is 0 Å². The van der Waals surface area contributed by atoms with Gasteiger partial charge in [-0.25, -0.2) is 0 Å². The lowest BCUT2D eigenvalue weighted by Gasteiger charge is -2.17. The van der Waals surface area contributed by atoms with Gasteiger partial charge in [0.1, 0.15) is 0 Å². The van der Waals surface area contributed by atoms with Gasteiger partial charge < -0.3 is 5.32 Å². The minimum Gasteiger partial charge on any atom is -0.348 e. The van der Waals surface area contributed by atoms with Crippen LogP contribution in [-0.2, 0) is 4.79 Å². The van der Waals surface area contributed by atoms with Gasteiger partial charge in [0.05, 0.1) is 6.04 Å². The Morgan fingerprint density at radius 3 is 2.47 bits per heavy atom. The SMILES string of the molecule is CC(C)CCC(=O)NC(CBr)c1ccccc1. The van der Waals surface area contributed by atoms with Gasteiger partial charge in [0.2, 0.25) is 5.91 Å². The van der Waals surface area contributed by atoms with Crippen molar-refractivity contribution in [1.82, 2.24) is 5.32 Å². The summed E-state index contributed by atoms with van der Waals surface area (Å²) in [5.41, 5.74) is 1.14. The van der Waals surface area contributed by atoms with E-state index in [1.165, 1.54) is 0 Å². The number of rotatable bonds is 6. The first kappa shape index (κ1) is 14.2. The largest absolute Gasteiger partial charge is 0.348 e. The number of nitrogens with one attached hydrogen (secondary N) is 1. The normalized spacial score (nSPS) is 12.5. The van der Waals surface area contributed by atoms with Crippen LogP contribution in [-0.4, -0.2) is 11.2 Å². The Balaban J connectivity index is 2.50. The van der Waals surface area contributed by atoms with Crippen molar-refractivity contribution < 1.29 is 4.79 Å². The Labute approximate surface area is 112 Å². The second kappa shape index (κ2) is 7.49. The molecule has 1 N–H and O–H groups in total. The Hall–Kier alpha value is -0.830. The first-order valence-electron chi connectivity index (χ1n) is 6.03. The third kappa shape index (κ3) is 5.35. The van der Waals surface area contributed by atoms with Crippen LogP contribution < -0.4 is 5.32 Å². The van der Waals surface area contributed by atoms with E-state index in [0.717, 1.165) is 17.3 Å². The fourth-order valence-corrected chi connectivity index (χ4v) is 2.12. The van der Waals surface area contributed by atoms with Gasteiger partial charge in [-0.2, -0.15) is 0 Å².